The lowest BCUT2D eigenvalue weighted by atomic mass is 10.1. The molecule has 4 nitrogen and oxygen atoms in total. The molecular formula is C21H17ClO4. The summed E-state index contributed by atoms with van der Waals surface area (Å²) in [5.41, 5.74) is 2.63. The van der Waals surface area contributed by atoms with Crippen molar-refractivity contribution in [2.75, 3.05) is 7.11 Å². The number of carboxylic acid groups (broad SMARTS) is 1. The van der Waals surface area contributed by atoms with Gasteiger partial charge in [-0.25, -0.2) is 0 Å². The highest BCUT2D eigenvalue weighted by Crippen LogP contribution is 2.30. The number of halogens is 1. The second-order valence-electron chi connectivity index (χ2n) is 5.72. The summed E-state index contributed by atoms with van der Waals surface area (Å²) in [4.78, 5) is 11.0. The van der Waals surface area contributed by atoms with E-state index in [0.29, 0.717) is 27.8 Å². The Balaban J connectivity index is 1.88. The van der Waals surface area contributed by atoms with Gasteiger partial charge in [-0.1, -0.05) is 35.9 Å². The molecule has 0 unspecified atom stereocenters. The molecule has 0 aliphatic rings. The summed E-state index contributed by atoms with van der Waals surface area (Å²) in [6.45, 7) is 0. The summed E-state index contributed by atoms with van der Waals surface area (Å²) < 4.78 is 11.2. The van der Waals surface area contributed by atoms with Gasteiger partial charge in [0, 0.05) is 11.1 Å². The minimum absolute atomic E-state index is 0.0988. The minimum Gasteiger partial charge on any atom is -0.497 e. The molecule has 0 atom stereocenters. The number of rotatable bonds is 6. The highest BCUT2D eigenvalue weighted by atomic mass is 35.5. The van der Waals surface area contributed by atoms with Gasteiger partial charge in [0.2, 0.25) is 0 Å². The van der Waals surface area contributed by atoms with Crippen LogP contribution in [0.2, 0.25) is 5.02 Å². The summed E-state index contributed by atoms with van der Waals surface area (Å²) in [6, 6.07) is 20.3. The summed E-state index contributed by atoms with van der Waals surface area (Å²) >= 11 is 5.94. The van der Waals surface area contributed by atoms with Crippen LogP contribution in [0.1, 0.15) is 5.56 Å². The molecule has 3 aromatic rings. The molecule has 1 N–H and O–H groups in total. The quantitative estimate of drug-likeness (QED) is 0.629. The van der Waals surface area contributed by atoms with Gasteiger partial charge in [0.05, 0.1) is 13.5 Å². The molecule has 132 valence electrons. The lowest BCUT2D eigenvalue weighted by Crippen LogP contribution is -2.00. The third-order valence-electron chi connectivity index (χ3n) is 3.78. The molecule has 5 heteroatoms. The predicted molar refractivity (Wildman–Crippen MR) is 101 cm³/mol. The fourth-order valence-electron chi connectivity index (χ4n) is 2.60. The maximum atomic E-state index is 11.0. The van der Waals surface area contributed by atoms with E-state index in [9.17, 15) is 4.79 Å². The van der Waals surface area contributed by atoms with E-state index in [1.807, 2.05) is 48.5 Å². The van der Waals surface area contributed by atoms with Gasteiger partial charge < -0.3 is 14.6 Å². The smallest absolute Gasteiger partial charge is 0.307 e. The molecule has 0 aliphatic carbocycles. The van der Waals surface area contributed by atoms with E-state index in [1.54, 1.807) is 18.2 Å². The van der Waals surface area contributed by atoms with Gasteiger partial charge in [0.25, 0.3) is 0 Å². The van der Waals surface area contributed by atoms with Gasteiger partial charge in [-0.3, -0.25) is 4.79 Å². The van der Waals surface area contributed by atoms with E-state index in [0.717, 1.165) is 11.1 Å². The largest absolute Gasteiger partial charge is 0.497 e. The van der Waals surface area contributed by atoms with Crippen LogP contribution in [0, 0.1) is 0 Å². The predicted octanol–water partition coefficient (Wildman–Crippen LogP) is 5.44. The van der Waals surface area contributed by atoms with E-state index in [2.05, 4.69) is 0 Å². The van der Waals surface area contributed by atoms with Crippen molar-refractivity contribution in [3.63, 3.8) is 0 Å². The normalized spacial score (nSPS) is 10.4. The van der Waals surface area contributed by atoms with Gasteiger partial charge in [-0.15, -0.1) is 0 Å². The Hall–Kier alpha value is -2.98. The van der Waals surface area contributed by atoms with Gasteiger partial charge in [-0.2, -0.15) is 0 Å². The van der Waals surface area contributed by atoms with Crippen molar-refractivity contribution < 1.29 is 19.4 Å². The van der Waals surface area contributed by atoms with E-state index in [-0.39, 0.29) is 6.42 Å². The van der Waals surface area contributed by atoms with E-state index in [1.165, 1.54) is 7.11 Å². The summed E-state index contributed by atoms with van der Waals surface area (Å²) in [7, 11) is 1.53. The Morgan fingerprint density at radius 2 is 1.65 bits per heavy atom. The van der Waals surface area contributed by atoms with Crippen LogP contribution < -0.4 is 9.47 Å². The number of aliphatic carboxylic acids is 1. The molecule has 0 aromatic heterocycles. The van der Waals surface area contributed by atoms with Crippen LogP contribution in [0.15, 0.2) is 66.7 Å². The average Bonchev–Trinajstić information content (AvgIpc) is 2.61. The molecule has 0 radical (unpaired) electrons. The molecule has 0 bridgehead atoms. The van der Waals surface area contributed by atoms with E-state index in [4.69, 9.17) is 26.2 Å². The Morgan fingerprint density at radius 3 is 2.35 bits per heavy atom. The molecule has 0 saturated carbocycles. The average molecular weight is 369 g/mol. The first-order chi connectivity index (χ1) is 12.5. The van der Waals surface area contributed by atoms with Crippen LogP contribution in [-0.2, 0) is 11.2 Å². The molecule has 0 saturated heterocycles. The molecule has 3 rings (SSSR count). The third kappa shape index (κ3) is 4.55. The zero-order valence-corrected chi connectivity index (χ0v) is 14.9. The van der Waals surface area contributed by atoms with Crippen molar-refractivity contribution in [2.24, 2.45) is 0 Å². The second kappa shape index (κ2) is 7.93. The number of carboxylic acids is 1. The molecule has 3 aromatic carbocycles. The lowest BCUT2D eigenvalue weighted by molar-refractivity contribution is -0.136. The molecule has 0 spiro atoms. The van der Waals surface area contributed by atoms with Gasteiger partial charge in [0.15, 0.2) is 0 Å². The van der Waals surface area contributed by atoms with Gasteiger partial charge in [-0.05, 0) is 53.1 Å². The zero-order valence-electron chi connectivity index (χ0n) is 14.1. The first kappa shape index (κ1) is 17.8. The van der Waals surface area contributed by atoms with E-state index >= 15 is 0 Å². The summed E-state index contributed by atoms with van der Waals surface area (Å²) in [6.07, 6.45) is -0.0988. The van der Waals surface area contributed by atoms with Crippen LogP contribution in [0.4, 0.5) is 0 Å². The van der Waals surface area contributed by atoms with Crippen LogP contribution in [0.3, 0.4) is 0 Å². The fraction of sp³-hybridized carbons (Fsp3) is 0.0952. The monoisotopic (exact) mass is 368 g/mol. The Labute approximate surface area is 156 Å². The molecule has 0 heterocycles. The maximum Gasteiger partial charge on any atom is 0.307 e. The number of hydrogen-bond acceptors (Lipinski definition) is 3. The third-order valence-corrected chi connectivity index (χ3v) is 4.03. The summed E-state index contributed by atoms with van der Waals surface area (Å²) in [5, 5.41) is 9.69. The maximum absolute atomic E-state index is 11.0. The summed E-state index contributed by atoms with van der Waals surface area (Å²) in [5.74, 6) is 0.808. The van der Waals surface area contributed by atoms with Crippen molar-refractivity contribution in [3.05, 3.63) is 77.3 Å². The van der Waals surface area contributed by atoms with Crippen LogP contribution in [0.25, 0.3) is 11.1 Å². The van der Waals surface area contributed by atoms with Crippen LogP contribution in [-0.4, -0.2) is 18.2 Å². The molecular weight excluding hydrogens is 352 g/mol. The SMILES string of the molecule is COc1cc(CC(=O)O)cc(Oc2cccc(-c3ccc(Cl)cc3)c2)c1. The van der Waals surface area contributed by atoms with Crippen molar-refractivity contribution in [1.29, 1.82) is 0 Å². The first-order valence-corrected chi connectivity index (χ1v) is 8.35. The number of carbonyl (C=O) groups is 1. The zero-order chi connectivity index (χ0) is 18.5. The van der Waals surface area contributed by atoms with E-state index < -0.39 is 5.97 Å². The first-order valence-electron chi connectivity index (χ1n) is 7.97. The lowest BCUT2D eigenvalue weighted by Gasteiger charge is -2.11. The topological polar surface area (TPSA) is 55.8 Å². The molecule has 0 amide bonds. The number of benzene rings is 3. The van der Waals surface area contributed by atoms with Crippen molar-refractivity contribution in [1.82, 2.24) is 0 Å². The molecule has 26 heavy (non-hydrogen) atoms. The van der Waals surface area contributed by atoms with Gasteiger partial charge in [0.1, 0.15) is 17.2 Å². The Kier molecular flexibility index (Phi) is 5.44. The van der Waals surface area contributed by atoms with Crippen LogP contribution >= 0.6 is 11.6 Å². The molecule has 0 aliphatic heterocycles. The fourth-order valence-corrected chi connectivity index (χ4v) is 2.73. The highest BCUT2D eigenvalue weighted by molar-refractivity contribution is 6.30. The standard InChI is InChI=1S/C21H17ClO4/c1-25-19-9-14(11-21(23)24)10-20(13-19)26-18-4-2-3-16(12-18)15-5-7-17(22)8-6-15/h2-10,12-13H,11H2,1H3,(H,23,24). The molecule has 0 fully saturated rings. The number of ether oxygens (including phenoxy) is 2. The van der Waals surface area contributed by atoms with Crippen molar-refractivity contribution in [2.45, 2.75) is 6.42 Å². The Morgan fingerprint density at radius 1 is 0.923 bits per heavy atom. The minimum atomic E-state index is -0.908. The van der Waals surface area contributed by atoms with Crippen molar-refractivity contribution in [3.8, 4) is 28.4 Å². The van der Waals surface area contributed by atoms with Crippen molar-refractivity contribution >= 4 is 17.6 Å². The Bertz CT molecular complexity index is 920. The van der Waals surface area contributed by atoms with Gasteiger partial charge >= 0.3 is 5.97 Å². The second-order valence-corrected chi connectivity index (χ2v) is 6.16. The number of hydrogen-bond donors (Lipinski definition) is 1. The number of methoxy groups -OCH3 is 1. The highest BCUT2D eigenvalue weighted by Gasteiger charge is 2.08. The van der Waals surface area contributed by atoms with Crippen LogP contribution in [0.5, 0.6) is 17.2 Å².